The molecule has 0 atom stereocenters. The highest BCUT2D eigenvalue weighted by atomic mass is 16.7. The number of piperazine rings is 1. The van der Waals surface area contributed by atoms with Crippen LogP contribution in [0.15, 0.2) is 65.2 Å². The summed E-state index contributed by atoms with van der Waals surface area (Å²) in [6.45, 7) is 3.56. The van der Waals surface area contributed by atoms with E-state index in [1.807, 2.05) is 23.1 Å². The van der Waals surface area contributed by atoms with Crippen molar-refractivity contribution in [3.8, 4) is 23.0 Å². The van der Waals surface area contributed by atoms with Crippen molar-refractivity contribution in [3.63, 3.8) is 0 Å². The molecule has 0 aliphatic carbocycles. The first-order valence-electron chi connectivity index (χ1n) is 11.0. The van der Waals surface area contributed by atoms with Gasteiger partial charge in [0.05, 0.1) is 6.54 Å². The summed E-state index contributed by atoms with van der Waals surface area (Å²) in [5.41, 5.74) is 1.53. The molecule has 2 aliphatic heterocycles. The van der Waals surface area contributed by atoms with Gasteiger partial charge in [-0.05, 0) is 41.1 Å². The van der Waals surface area contributed by atoms with Gasteiger partial charge in [0.2, 0.25) is 6.79 Å². The third-order valence-corrected chi connectivity index (χ3v) is 6.11. The molecule has 3 heterocycles. The normalized spacial score (nSPS) is 15.8. The van der Waals surface area contributed by atoms with Crippen LogP contribution in [0.4, 0.5) is 0 Å². The Balaban J connectivity index is 1.08. The van der Waals surface area contributed by atoms with Gasteiger partial charge in [0.25, 0.3) is 11.8 Å². The summed E-state index contributed by atoms with van der Waals surface area (Å²) in [5, 5.41) is 6.48. The highest BCUT2D eigenvalue weighted by molar-refractivity contribution is 5.95. The fraction of sp³-hybridized carbons (Fsp3) is 0.240. The van der Waals surface area contributed by atoms with E-state index < -0.39 is 0 Å². The molecule has 1 fully saturated rings. The van der Waals surface area contributed by atoms with E-state index in [-0.39, 0.29) is 12.7 Å². The van der Waals surface area contributed by atoms with Gasteiger partial charge in [-0.25, -0.2) is 0 Å². The number of hydrogen-bond acceptors (Lipinski definition) is 7. The second kappa shape index (κ2) is 8.22. The molecule has 0 spiro atoms. The van der Waals surface area contributed by atoms with Gasteiger partial charge in [0.1, 0.15) is 0 Å². The fourth-order valence-electron chi connectivity index (χ4n) is 4.28. The maximum absolute atomic E-state index is 12.9. The van der Waals surface area contributed by atoms with Gasteiger partial charge < -0.3 is 18.9 Å². The highest BCUT2D eigenvalue weighted by Gasteiger charge is 2.25. The van der Waals surface area contributed by atoms with Crippen molar-refractivity contribution in [2.75, 3.05) is 33.0 Å². The number of hydrogen-bond donors (Lipinski definition) is 0. The molecule has 2 aliphatic rings. The van der Waals surface area contributed by atoms with E-state index in [1.54, 1.807) is 18.2 Å². The van der Waals surface area contributed by atoms with Crippen molar-refractivity contribution >= 4 is 16.7 Å². The van der Waals surface area contributed by atoms with Crippen LogP contribution in [0.2, 0.25) is 0 Å². The molecule has 6 rings (SSSR count). The van der Waals surface area contributed by atoms with Gasteiger partial charge in [-0.1, -0.05) is 35.5 Å². The van der Waals surface area contributed by atoms with Crippen LogP contribution in [0.25, 0.3) is 22.2 Å². The van der Waals surface area contributed by atoms with Gasteiger partial charge in [-0.15, -0.1) is 0 Å². The monoisotopic (exact) mass is 442 g/mol. The maximum atomic E-state index is 12.9. The van der Waals surface area contributed by atoms with E-state index in [2.05, 4.69) is 39.3 Å². The molecule has 0 saturated carbocycles. The van der Waals surface area contributed by atoms with Crippen LogP contribution in [0.1, 0.15) is 16.2 Å². The first-order chi connectivity index (χ1) is 16.2. The first kappa shape index (κ1) is 19.8. The summed E-state index contributed by atoms with van der Waals surface area (Å²) in [6, 6.07) is 19.6. The zero-order chi connectivity index (χ0) is 22.2. The third-order valence-electron chi connectivity index (χ3n) is 6.11. The molecule has 166 valence electrons. The highest BCUT2D eigenvalue weighted by Crippen LogP contribution is 2.33. The number of amides is 1. The van der Waals surface area contributed by atoms with E-state index in [4.69, 9.17) is 14.0 Å². The minimum atomic E-state index is 0.00565. The Bertz CT molecular complexity index is 1330. The third kappa shape index (κ3) is 3.89. The van der Waals surface area contributed by atoms with Gasteiger partial charge in [0.15, 0.2) is 17.3 Å². The van der Waals surface area contributed by atoms with Gasteiger partial charge in [-0.3, -0.25) is 9.69 Å². The van der Waals surface area contributed by atoms with Gasteiger partial charge in [0, 0.05) is 37.3 Å². The topological polar surface area (TPSA) is 80.9 Å². The molecule has 8 nitrogen and oxygen atoms in total. The Hall–Kier alpha value is -3.91. The molecule has 1 saturated heterocycles. The fourth-order valence-corrected chi connectivity index (χ4v) is 4.28. The lowest BCUT2D eigenvalue weighted by molar-refractivity contribution is 0.0624. The van der Waals surface area contributed by atoms with E-state index in [1.165, 1.54) is 5.39 Å². The largest absolute Gasteiger partial charge is 0.454 e. The van der Waals surface area contributed by atoms with Gasteiger partial charge in [-0.2, -0.15) is 4.98 Å². The minimum Gasteiger partial charge on any atom is -0.454 e. The molecule has 1 aromatic heterocycles. The van der Waals surface area contributed by atoms with E-state index in [0.29, 0.717) is 48.4 Å². The molecule has 33 heavy (non-hydrogen) atoms. The number of carbonyl (C=O) groups excluding carboxylic acids is 1. The summed E-state index contributed by atoms with van der Waals surface area (Å²) in [6.07, 6.45) is 0. The second-order valence-corrected chi connectivity index (χ2v) is 8.21. The van der Waals surface area contributed by atoms with Crippen LogP contribution in [-0.4, -0.2) is 58.8 Å². The molecular formula is C25H22N4O4. The number of aromatic nitrogens is 2. The van der Waals surface area contributed by atoms with Crippen molar-refractivity contribution in [1.29, 1.82) is 0 Å². The standard InChI is InChI=1S/C25H22N4O4/c30-25(20-7-8-21-22(14-20)32-16-31-21)29-11-9-28(10-12-29)15-23-26-24(33-27-23)19-6-5-17-3-1-2-4-18(17)13-19/h1-8,13-14H,9-12,15-16H2. The Morgan fingerprint density at radius 1 is 0.879 bits per heavy atom. The SMILES string of the molecule is O=C(c1ccc2c(c1)OCO2)N1CCN(Cc2noc(-c3ccc4ccccc4c3)n2)CC1. The summed E-state index contributed by atoms with van der Waals surface area (Å²) < 4.78 is 16.2. The summed E-state index contributed by atoms with van der Waals surface area (Å²) in [5.74, 6) is 2.48. The lowest BCUT2D eigenvalue weighted by Crippen LogP contribution is -2.48. The predicted octanol–water partition coefficient (Wildman–Crippen LogP) is 3.58. The van der Waals surface area contributed by atoms with Crippen LogP contribution in [0.3, 0.4) is 0 Å². The van der Waals surface area contributed by atoms with Crippen molar-refractivity contribution in [1.82, 2.24) is 19.9 Å². The minimum absolute atomic E-state index is 0.00565. The molecular weight excluding hydrogens is 420 g/mol. The number of fused-ring (bicyclic) bond motifs is 2. The van der Waals surface area contributed by atoms with Gasteiger partial charge >= 0.3 is 0 Å². The smallest absolute Gasteiger partial charge is 0.257 e. The Labute approximate surface area is 190 Å². The quantitative estimate of drug-likeness (QED) is 0.478. The maximum Gasteiger partial charge on any atom is 0.257 e. The van der Waals surface area contributed by atoms with Crippen molar-refractivity contribution < 1.29 is 18.8 Å². The molecule has 4 aromatic rings. The van der Waals surface area contributed by atoms with E-state index in [0.717, 1.165) is 24.0 Å². The lowest BCUT2D eigenvalue weighted by Gasteiger charge is -2.34. The summed E-state index contributed by atoms with van der Waals surface area (Å²) in [4.78, 5) is 21.6. The first-order valence-corrected chi connectivity index (χ1v) is 11.0. The van der Waals surface area contributed by atoms with Crippen LogP contribution in [0, 0.1) is 0 Å². The van der Waals surface area contributed by atoms with Crippen LogP contribution < -0.4 is 9.47 Å². The Morgan fingerprint density at radius 3 is 2.58 bits per heavy atom. The van der Waals surface area contributed by atoms with Crippen molar-refractivity contribution in [3.05, 3.63) is 72.1 Å². The average molecular weight is 442 g/mol. The Kier molecular flexibility index (Phi) is 4.92. The molecule has 0 unspecified atom stereocenters. The average Bonchev–Trinajstić information content (AvgIpc) is 3.53. The molecule has 8 heteroatoms. The summed E-state index contributed by atoms with van der Waals surface area (Å²) in [7, 11) is 0. The molecule has 1 amide bonds. The van der Waals surface area contributed by atoms with Crippen LogP contribution in [0.5, 0.6) is 11.5 Å². The zero-order valence-electron chi connectivity index (χ0n) is 17.9. The number of benzene rings is 3. The second-order valence-electron chi connectivity index (χ2n) is 8.21. The predicted molar refractivity (Wildman–Crippen MR) is 121 cm³/mol. The van der Waals surface area contributed by atoms with E-state index >= 15 is 0 Å². The zero-order valence-corrected chi connectivity index (χ0v) is 17.9. The number of nitrogens with zero attached hydrogens (tertiary/aromatic N) is 4. The van der Waals surface area contributed by atoms with Crippen LogP contribution in [-0.2, 0) is 6.54 Å². The van der Waals surface area contributed by atoms with Crippen molar-refractivity contribution in [2.24, 2.45) is 0 Å². The lowest BCUT2D eigenvalue weighted by atomic mass is 10.1. The number of carbonyl (C=O) groups is 1. The summed E-state index contributed by atoms with van der Waals surface area (Å²) >= 11 is 0. The van der Waals surface area contributed by atoms with Crippen LogP contribution >= 0.6 is 0 Å². The molecule has 0 N–H and O–H groups in total. The number of rotatable bonds is 4. The van der Waals surface area contributed by atoms with Crippen molar-refractivity contribution in [2.45, 2.75) is 6.54 Å². The molecule has 0 bridgehead atoms. The number of ether oxygens (including phenoxy) is 2. The Morgan fingerprint density at radius 2 is 1.70 bits per heavy atom. The molecule has 0 radical (unpaired) electrons. The molecule has 3 aromatic carbocycles. The van der Waals surface area contributed by atoms with E-state index in [9.17, 15) is 4.79 Å².